The molecule has 0 N–H and O–H groups in total. The van der Waals surface area contributed by atoms with Crippen molar-refractivity contribution < 1.29 is 40.6 Å². The molecule has 2 heteroatoms. The van der Waals surface area contributed by atoms with Crippen molar-refractivity contribution in [3.05, 3.63) is 79.9 Å². The van der Waals surface area contributed by atoms with Crippen molar-refractivity contribution in [3.63, 3.8) is 0 Å². The van der Waals surface area contributed by atoms with Gasteiger partial charge in [0.2, 0.25) is 0 Å². The first-order valence-electron chi connectivity index (χ1n) is 9.95. The Bertz CT molecular complexity index is 894. The molecule has 4 rings (SSSR count). The van der Waals surface area contributed by atoms with E-state index in [4.69, 9.17) is 0 Å². The first-order valence-corrected chi connectivity index (χ1v) is 9.95. The van der Waals surface area contributed by atoms with Gasteiger partial charge < -0.3 is 2.85 Å². The first kappa shape index (κ1) is 23.4. The first-order chi connectivity index (χ1) is 12.4. The van der Waals surface area contributed by atoms with Gasteiger partial charge in [-0.3, -0.25) is 0 Å². The maximum absolute atomic E-state index is 2.43. The van der Waals surface area contributed by atoms with Crippen LogP contribution in [0.4, 0.5) is 0 Å². The molecule has 2 aromatic carbocycles. The maximum atomic E-state index is 2.43. The van der Waals surface area contributed by atoms with Crippen LogP contribution in [0.2, 0.25) is 0 Å². The summed E-state index contributed by atoms with van der Waals surface area (Å²) >= 11 is 0. The summed E-state index contributed by atoms with van der Waals surface area (Å²) in [5.74, 6) is 1.18. The van der Waals surface area contributed by atoms with E-state index in [0.717, 1.165) is 0 Å². The van der Waals surface area contributed by atoms with E-state index in [9.17, 15) is 0 Å². The van der Waals surface area contributed by atoms with Gasteiger partial charge in [-0.2, -0.15) is 0 Å². The Kier molecular flexibility index (Phi) is 7.40. The minimum atomic E-state index is 0. The van der Waals surface area contributed by atoms with E-state index in [1.165, 1.54) is 46.2 Å². The fourth-order valence-electron chi connectivity index (χ4n) is 5.21. The molecule has 2 aromatic rings. The Morgan fingerprint density at radius 3 is 1.25 bits per heavy atom. The van der Waals surface area contributed by atoms with Gasteiger partial charge in [0.25, 0.3) is 0 Å². The molecule has 2 unspecified atom stereocenters. The van der Waals surface area contributed by atoms with Gasteiger partial charge in [0, 0.05) is 11.8 Å². The van der Waals surface area contributed by atoms with Crippen LogP contribution in [-0.4, -0.2) is 0 Å². The molecule has 0 heterocycles. The van der Waals surface area contributed by atoms with E-state index < -0.39 is 0 Å². The van der Waals surface area contributed by atoms with Crippen LogP contribution in [0, 0.1) is 27.7 Å². The van der Waals surface area contributed by atoms with Crippen LogP contribution >= 0.6 is 0 Å². The Labute approximate surface area is 198 Å². The maximum Gasteiger partial charge on any atom is 1.00 e. The number of hydrogen-bond acceptors (Lipinski definition) is 0. The molecule has 0 aliphatic heterocycles. The summed E-state index contributed by atoms with van der Waals surface area (Å²) in [6.45, 7) is 13.7. The van der Waals surface area contributed by atoms with Crippen molar-refractivity contribution in [1.29, 1.82) is 0 Å². The summed E-state index contributed by atoms with van der Waals surface area (Å²) in [6.07, 6.45) is 7.34. The monoisotopic (exact) mass is 358 g/mol. The predicted octanol–water partition coefficient (Wildman–Crippen LogP) is 1.63. The van der Waals surface area contributed by atoms with Crippen molar-refractivity contribution in [3.8, 4) is 0 Å². The molecule has 138 valence electrons. The summed E-state index contributed by atoms with van der Waals surface area (Å²) in [5, 5.41) is 0. The van der Waals surface area contributed by atoms with E-state index in [-0.39, 0.29) is 40.6 Å². The minimum Gasteiger partial charge on any atom is -1.00 e. The van der Waals surface area contributed by atoms with Crippen LogP contribution in [0.1, 0.15) is 85.9 Å². The topological polar surface area (TPSA) is 0 Å². The SMILES string of the molecule is CC1=Cc2c(C)ccc(C)c2C1CCC1C(C)=Cc2c(C)ccc(C)c21.[H-].[H-].[Li+].[Li+]. The van der Waals surface area contributed by atoms with Crippen LogP contribution in [0.3, 0.4) is 0 Å². The molecule has 2 aliphatic rings. The minimum absolute atomic E-state index is 0. The molecular weight excluding hydrogens is 326 g/mol. The number of benzene rings is 2. The number of fused-ring (bicyclic) bond motifs is 2. The third kappa shape index (κ3) is 3.79. The van der Waals surface area contributed by atoms with Gasteiger partial charge in [0.1, 0.15) is 0 Å². The van der Waals surface area contributed by atoms with Gasteiger partial charge >= 0.3 is 37.7 Å². The molecule has 0 radical (unpaired) electrons. The average Bonchev–Trinajstić information content (AvgIpc) is 3.11. The Morgan fingerprint density at radius 1 is 0.571 bits per heavy atom. The number of hydrogen-bond donors (Lipinski definition) is 0. The van der Waals surface area contributed by atoms with E-state index >= 15 is 0 Å². The van der Waals surface area contributed by atoms with Crippen molar-refractivity contribution in [2.45, 2.75) is 66.2 Å². The smallest absolute Gasteiger partial charge is 1.00 e. The molecular formula is C26H32Li2. The molecule has 2 atom stereocenters. The van der Waals surface area contributed by atoms with Crippen molar-refractivity contribution in [1.82, 2.24) is 0 Å². The molecule has 0 aromatic heterocycles. The summed E-state index contributed by atoms with van der Waals surface area (Å²) in [5.41, 5.74) is 15.0. The van der Waals surface area contributed by atoms with Crippen LogP contribution in [0.5, 0.6) is 0 Å². The quantitative estimate of drug-likeness (QED) is 0.732. The summed E-state index contributed by atoms with van der Waals surface area (Å²) in [7, 11) is 0. The second-order valence-electron chi connectivity index (χ2n) is 8.51. The molecule has 0 nitrogen and oxygen atoms in total. The third-order valence-corrected chi connectivity index (χ3v) is 6.73. The number of rotatable bonds is 3. The number of allylic oxidation sites excluding steroid dienone is 2. The largest absolute Gasteiger partial charge is 1.00 e. The fourth-order valence-corrected chi connectivity index (χ4v) is 5.21. The van der Waals surface area contributed by atoms with E-state index in [2.05, 4.69) is 78.0 Å². The summed E-state index contributed by atoms with van der Waals surface area (Å²) in [6, 6.07) is 9.15. The molecule has 0 fully saturated rings. The Balaban J connectivity index is 0.00000210. The molecule has 0 saturated carbocycles. The van der Waals surface area contributed by atoms with Gasteiger partial charge in [0.05, 0.1) is 0 Å². The second-order valence-corrected chi connectivity index (χ2v) is 8.51. The van der Waals surface area contributed by atoms with Gasteiger partial charge in [-0.15, -0.1) is 0 Å². The van der Waals surface area contributed by atoms with Gasteiger partial charge in [-0.1, -0.05) is 47.6 Å². The average molecular weight is 358 g/mol. The zero-order valence-electron chi connectivity index (χ0n) is 21.0. The van der Waals surface area contributed by atoms with Crippen molar-refractivity contribution in [2.75, 3.05) is 0 Å². The van der Waals surface area contributed by atoms with E-state index in [0.29, 0.717) is 11.8 Å². The summed E-state index contributed by atoms with van der Waals surface area (Å²) in [4.78, 5) is 0. The van der Waals surface area contributed by atoms with Crippen LogP contribution in [0.25, 0.3) is 12.2 Å². The van der Waals surface area contributed by atoms with E-state index in [1.54, 1.807) is 22.3 Å². The molecule has 28 heavy (non-hydrogen) atoms. The van der Waals surface area contributed by atoms with Crippen LogP contribution in [-0.2, 0) is 0 Å². The molecule has 0 amide bonds. The normalized spacial score (nSPS) is 19.2. The van der Waals surface area contributed by atoms with Gasteiger partial charge in [-0.25, -0.2) is 0 Å². The molecule has 0 saturated heterocycles. The molecule has 0 bridgehead atoms. The van der Waals surface area contributed by atoms with Crippen LogP contribution in [0.15, 0.2) is 35.4 Å². The second kappa shape index (κ2) is 8.86. The predicted molar refractivity (Wildman–Crippen MR) is 116 cm³/mol. The zero-order chi connectivity index (χ0) is 18.6. The third-order valence-electron chi connectivity index (χ3n) is 6.73. The standard InChI is InChI=1S/C26H30.2Li.2H/c1-15-7-9-17(3)25-21(19(5)13-23(15)25)11-12-22-20(6)14-24-16(2)8-10-18(4)26(22)24;;;;/h7-10,13-14,21-22H,11-12H2,1-6H3;;;;/q;2*+1;2*-1. The van der Waals surface area contributed by atoms with Gasteiger partial charge in [-0.05, 0) is 98.9 Å². The number of aryl methyl sites for hydroxylation is 4. The van der Waals surface area contributed by atoms with Crippen molar-refractivity contribution >= 4 is 12.2 Å². The van der Waals surface area contributed by atoms with Gasteiger partial charge in [0.15, 0.2) is 0 Å². The Hall–Kier alpha value is -0.885. The Morgan fingerprint density at radius 2 is 0.893 bits per heavy atom. The van der Waals surface area contributed by atoms with E-state index in [1.807, 2.05) is 0 Å². The fraction of sp³-hybridized carbons (Fsp3) is 0.385. The summed E-state index contributed by atoms with van der Waals surface area (Å²) < 4.78 is 0. The molecule has 0 spiro atoms. The van der Waals surface area contributed by atoms with Crippen molar-refractivity contribution in [2.24, 2.45) is 0 Å². The molecule has 2 aliphatic carbocycles. The zero-order valence-corrected chi connectivity index (χ0v) is 19.0. The van der Waals surface area contributed by atoms with Crippen LogP contribution < -0.4 is 37.7 Å².